The second-order valence-electron chi connectivity index (χ2n) is 7.08. The summed E-state index contributed by atoms with van der Waals surface area (Å²) in [7, 11) is -3.85. The fourth-order valence-electron chi connectivity index (χ4n) is 3.68. The van der Waals surface area contributed by atoms with E-state index in [0.29, 0.717) is 26.2 Å². The summed E-state index contributed by atoms with van der Waals surface area (Å²) >= 11 is 0. The van der Waals surface area contributed by atoms with E-state index in [1.165, 1.54) is 18.2 Å². The van der Waals surface area contributed by atoms with Crippen LogP contribution in [0.25, 0.3) is 0 Å². The number of anilines is 2. The molecule has 29 heavy (non-hydrogen) atoms. The van der Waals surface area contributed by atoms with E-state index < -0.39 is 21.9 Å². The van der Waals surface area contributed by atoms with Crippen LogP contribution in [-0.4, -0.2) is 57.7 Å². The standard InChI is InChI=1S/C21H26FN3O3S/c1-3-19(25(29(2,27)28)20-12-8-7-11-18(20)22)21(26)24-15-13-23(14-16-24)17-9-5-4-6-10-17/h4-12,19H,3,13-16H2,1-2H3. The molecule has 3 rings (SSSR count). The molecule has 0 aliphatic carbocycles. The Bertz CT molecular complexity index is 945. The molecule has 8 heteroatoms. The van der Waals surface area contributed by atoms with Crippen molar-refractivity contribution in [3.05, 3.63) is 60.4 Å². The summed E-state index contributed by atoms with van der Waals surface area (Å²) < 4.78 is 40.3. The number of amides is 1. The number of benzene rings is 2. The molecule has 0 spiro atoms. The summed E-state index contributed by atoms with van der Waals surface area (Å²) in [6.07, 6.45) is 1.25. The summed E-state index contributed by atoms with van der Waals surface area (Å²) in [4.78, 5) is 17.1. The Morgan fingerprint density at radius 3 is 2.17 bits per heavy atom. The molecule has 6 nitrogen and oxygen atoms in total. The molecule has 1 unspecified atom stereocenters. The van der Waals surface area contributed by atoms with Crippen LogP contribution in [0.1, 0.15) is 13.3 Å². The van der Waals surface area contributed by atoms with Gasteiger partial charge in [-0.1, -0.05) is 37.3 Å². The summed E-state index contributed by atoms with van der Waals surface area (Å²) in [6, 6.07) is 14.6. The third-order valence-electron chi connectivity index (χ3n) is 5.11. The average Bonchev–Trinajstić information content (AvgIpc) is 2.72. The number of halogens is 1. The molecule has 1 amide bonds. The zero-order valence-electron chi connectivity index (χ0n) is 16.7. The number of carbonyl (C=O) groups is 1. The van der Waals surface area contributed by atoms with Crippen molar-refractivity contribution >= 4 is 27.3 Å². The number of piperazine rings is 1. The largest absolute Gasteiger partial charge is 0.368 e. The fourth-order valence-corrected chi connectivity index (χ4v) is 4.89. The molecule has 1 fully saturated rings. The lowest BCUT2D eigenvalue weighted by atomic mass is 10.1. The van der Waals surface area contributed by atoms with Gasteiger partial charge in [0.2, 0.25) is 15.9 Å². The Balaban J connectivity index is 1.80. The summed E-state index contributed by atoms with van der Waals surface area (Å²) in [5, 5.41) is 0. The average molecular weight is 420 g/mol. The highest BCUT2D eigenvalue weighted by atomic mass is 32.2. The van der Waals surface area contributed by atoms with Crippen molar-refractivity contribution in [1.29, 1.82) is 0 Å². The monoisotopic (exact) mass is 419 g/mol. The van der Waals surface area contributed by atoms with Crippen LogP contribution in [-0.2, 0) is 14.8 Å². The van der Waals surface area contributed by atoms with E-state index in [2.05, 4.69) is 4.90 Å². The second kappa shape index (κ2) is 8.82. The van der Waals surface area contributed by atoms with E-state index in [9.17, 15) is 17.6 Å². The topological polar surface area (TPSA) is 60.9 Å². The maximum absolute atomic E-state index is 14.4. The number of para-hydroxylation sites is 2. The molecular weight excluding hydrogens is 393 g/mol. The predicted molar refractivity (Wildman–Crippen MR) is 113 cm³/mol. The van der Waals surface area contributed by atoms with Gasteiger partial charge in [-0.25, -0.2) is 12.8 Å². The van der Waals surface area contributed by atoms with Gasteiger partial charge in [0.1, 0.15) is 11.9 Å². The van der Waals surface area contributed by atoms with Gasteiger partial charge in [-0.15, -0.1) is 0 Å². The first-order chi connectivity index (χ1) is 13.8. The lowest BCUT2D eigenvalue weighted by Gasteiger charge is -2.39. The maximum atomic E-state index is 14.4. The first kappa shape index (κ1) is 21.1. The minimum atomic E-state index is -3.85. The highest BCUT2D eigenvalue weighted by molar-refractivity contribution is 7.92. The minimum Gasteiger partial charge on any atom is -0.368 e. The molecule has 1 aliphatic heterocycles. The fraction of sp³-hybridized carbons (Fsp3) is 0.381. The first-order valence-corrected chi connectivity index (χ1v) is 11.5. The van der Waals surface area contributed by atoms with Crippen molar-refractivity contribution in [2.75, 3.05) is 41.6 Å². The van der Waals surface area contributed by atoms with Crippen LogP contribution in [0.4, 0.5) is 15.8 Å². The molecular formula is C21H26FN3O3S. The van der Waals surface area contributed by atoms with Crippen LogP contribution < -0.4 is 9.21 Å². The zero-order valence-corrected chi connectivity index (χ0v) is 17.5. The molecule has 1 atom stereocenters. The van der Waals surface area contributed by atoms with Gasteiger partial charge in [-0.2, -0.15) is 0 Å². The highest BCUT2D eigenvalue weighted by Gasteiger charge is 2.36. The van der Waals surface area contributed by atoms with Crippen molar-refractivity contribution in [3.63, 3.8) is 0 Å². The Morgan fingerprint density at radius 1 is 1.03 bits per heavy atom. The Labute approximate surface area is 171 Å². The number of nitrogens with zero attached hydrogens (tertiary/aromatic N) is 3. The van der Waals surface area contributed by atoms with E-state index in [1.807, 2.05) is 30.3 Å². The zero-order chi connectivity index (χ0) is 21.0. The molecule has 0 radical (unpaired) electrons. The number of hydrogen-bond donors (Lipinski definition) is 0. The summed E-state index contributed by atoms with van der Waals surface area (Å²) in [6.45, 7) is 4.02. The van der Waals surface area contributed by atoms with Crippen molar-refractivity contribution in [1.82, 2.24) is 4.90 Å². The predicted octanol–water partition coefficient (Wildman–Crippen LogP) is 2.72. The minimum absolute atomic E-state index is 0.0990. The van der Waals surface area contributed by atoms with Gasteiger partial charge in [0.05, 0.1) is 11.9 Å². The van der Waals surface area contributed by atoms with Crippen molar-refractivity contribution in [2.24, 2.45) is 0 Å². The van der Waals surface area contributed by atoms with E-state index in [0.717, 1.165) is 16.2 Å². The molecule has 1 heterocycles. The van der Waals surface area contributed by atoms with E-state index in [1.54, 1.807) is 17.9 Å². The van der Waals surface area contributed by atoms with Crippen LogP contribution in [0.2, 0.25) is 0 Å². The molecule has 0 N–H and O–H groups in total. The van der Waals surface area contributed by atoms with Crippen LogP contribution in [0.15, 0.2) is 54.6 Å². The second-order valence-corrected chi connectivity index (χ2v) is 8.94. The van der Waals surface area contributed by atoms with Crippen LogP contribution in [0.5, 0.6) is 0 Å². The molecule has 2 aromatic carbocycles. The number of carbonyl (C=O) groups excluding carboxylic acids is 1. The van der Waals surface area contributed by atoms with Crippen LogP contribution in [0.3, 0.4) is 0 Å². The molecule has 2 aromatic rings. The molecule has 0 aromatic heterocycles. The van der Waals surface area contributed by atoms with Crippen molar-refractivity contribution < 1.29 is 17.6 Å². The molecule has 0 bridgehead atoms. The lowest BCUT2D eigenvalue weighted by Crippen LogP contribution is -2.56. The smallest absolute Gasteiger partial charge is 0.246 e. The summed E-state index contributed by atoms with van der Waals surface area (Å²) in [5.74, 6) is -0.966. The normalized spacial score (nSPS) is 15.8. The maximum Gasteiger partial charge on any atom is 0.246 e. The van der Waals surface area contributed by atoms with E-state index in [4.69, 9.17) is 0 Å². The lowest BCUT2D eigenvalue weighted by molar-refractivity contribution is -0.132. The number of rotatable bonds is 6. The van der Waals surface area contributed by atoms with Gasteiger partial charge >= 0.3 is 0 Å². The SMILES string of the molecule is CCC(C(=O)N1CCN(c2ccccc2)CC1)N(c1ccccc1F)S(C)(=O)=O. The molecule has 1 saturated heterocycles. The number of hydrogen-bond acceptors (Lipinski definition) is 4. The van der Waals surface area contributed by atoms with Gasteiger partial charge < -0.3 is 9.80 Å². The summed E-state index contributed by atoms with van der Waals surface area (Å²) in [5.41, 5.74) is 0.994. The van der Waals surface area contributed by atoms with Gasteiger partial charge in [-0.3, -0.25) is 9.10 Å². The Morgan fingerprint density at radius 2 is 1.62 bits per heavy atom. The quantitative estimate of drug-likeness (QED) is 0.722. The van der Waals surface area contributed by atoms with E-state index in [-0.39, 0.29) is 18.0 Å². The first-order valence-electron chi connectivity index (χ1n) is 9.65. The van der Waals surface area contributed by atoms with Crippen LogP contribution >= 0.6 is 0 Å². The van der Waals surface area contributed by atoms with Crippen molar-refractivity contribution in [2.45, 2.75) is 19.4 Å². The third kappa shape index (κ3) is 4.70. The molecule has 1 aliphatic rings. The molecule has 156 valence electrons. The number of sulfonamides is 1. The van der Waals surface area contributed by atoms with Crippen LogP contribution in [0, 0.1) is 5.82 Å². The third-order valence-corrected chi connectivity index (χ3v) is 6.28. The molecule has 0 saturated carbocycles. The Kier molecular flexibility index (Phi) is 6.42. The Hall–Kier alpha value is -2.61. The van der Waals surface area contributed by atoms with Gasteiger partial charge in [0.25, 0.3) is 0 Å². The van der Waals surface area contributed by atoms with Gasteiger partial charge in [-0.05, 0) is 30.7 Å². The van der Waals surface area contributed by atoms with Crippen molar-refractivity contribution in [3.8, 4) is 0 Å². The van der Waals surface area contributed by atoms with E-state index >= 15 is 0 Å². The highest BCUT2D eigenvalue weighted by Crippen LogP contribution is 2.27. The van der Waals surface area contributed by atoms with Gasteiger partial charge in [0, 0.05) is 31.9 Å². The van der Waals surface area contributed by atoms with Gasteiger partial charge in [0.15, 0.2) is 0 Å².